The normalized spacial score (nSPS) is 14.3. The molecular formula is C17H14ClN3O2. The van der Waals surface area contributed by atoms with Crippen LogP contribution in [0.2, 0.25) is 0 Å². The van der Waals surface area contributed by atoms with Crippen LogP contribution in [0, 0.1) is 0 Å². The minimum Gasteiger partial charge on any atom is -0.386 e. The molecule has 2 N–H and O–H groups in total. The Morgan fingerprint density at radius 2 is 1.57 bits per heavy atom. The van der Waals surface area contributed by atoms with Gasteiger partial charge in [-0.15, -0.1) is 11.6 Å². The summed E-state index contributed by atoms with van der Waals surface area (Å²) in [5.74, 6) is -0.0329. The van der Waals surface area contributed by atoms with Crippen molar-refractivity contribution in [2.24, 2.45) is 10.7 Å². The second-order valence-electron chi connectivity index (χ2n) is 5.15. The highest BCUT2D eigenvalue weighted by Gasteiger charge is 2.34. The summed E-state index contributed by atoms with van der Waals surface area (Å²) in [6.07, 6.45) is 0. The molecule has 5 nitrogen and oxygen atoms in total. The number of aliphatic imine (C=N–C) groups is 1. The lowest BCUT2D eigenvalue weighted by Gasteiger charge is -2.13. The van der Waals surface area contributed by atoms with Crippen LogP contribution in [0.15, 0.2) is 53.5 Å². The summed E-state index contributed by atoms with van der Waals surface area (Å²) in [7, 11) is 0. The standard InChI is InChI=1S/C17H14ClN3O2/c18-9-15(19)20-12-7-5-11(6-8-12)10-21-16(22)13-3-1-2-4-14(13)17(21)23/h1-8H,9-10H2,(H2,19,20). The maximum atomic E-state index is 12.3. The van der Waals surface area contributed by atoms with E-state index in [9.17, 15) is 9.59 Å². The van der Waals surface area contributed by atoms with Crippen molar-refractivity contribution in [3.8, 4) is 0 Å². The monoisotopic (exact) mass is 327 g/mol. The Kier molecular flexibility index (Phi) is 4.12. The van der Waals surface area contributed by atoms with Gasteiger partial charge in [0.05, 0.1) is 29.2 Å². The van der Waals surface area contributed by atoms with Gasteiger partial charge >= 0.3 is 0 Å². The Bertz CT molecular complexity index is 765. The number of amides is 2. The molecule has 0 aliphatic carbocycles. The molecule has 0 atom stereocenters. The number of nitrogens with two attached hydrogens (primary N) is 1. The van der Waals surface area contributed by atoms with E-state index < -0.39 is 0 Å². The summed E-state index contributed by atoms with van der Waals surface area (Å²) >= 11 is 5.59. The maximum absolute atomic E-state index is 12.3. The van der Waals surface area contributed by atoms with E-state index in [4.69, 9.17) is 17.3 Å². The van der Waals surface area contributed by atoms with Crippen molar-refractivity contribution in [3.63, 3.8) is 0 Å². The molecular weight excluding hydrogens is 314 g/mol. The van der Waals surface area contributed by atoms with E-state index in [1.807, 2.05) is 12.1 Å². The number of hydrogen-bond acceptors (Lipinski definition) is 3. The van der Waals surface area contributed by atoms with Gasteiger partial charge < -0.3 is 5.73 Å². The highest BCUT2D eigenvalue weighted by atomic mass is 35.5. The number of benzene rings is 2. The summed E-state index contributed by atoms with van der Waals surface area (Å²) in [6.45, 7) is 0.224. The molecule has 2 aromatic carbocycles. The fraction of sp³-hybridized carbons (Fsp3) is 0.118. The number of hydrogen-bond donors (Lipinski definition) is 1. The van der Waals surface area contributed by atoms with Crippen LogP contribution in [0.1, 0.15) is 26.3 Å². The molecule has 3 rings (SSSR count). The third kappa shape index (κ3) is 2.96. The number of alkyl halides is 1. The Labute approximate surface area is 138 Å². The average Bonchev–Trinajstić information content (AvgIpc) is 2.82. The highest BCUT2D eigenvalue weighted by molar-refractivity contribution is 6.28. The number of carbonyl (C=O) groups is 2. The van der Waals surface area contributed by atoms with E-state index in [2.05, 4.69) is 4.99 Å². The van der Waals surface area contributed by atoms with Crippen LogP contribution in [-0.4, -0.2) is 28.4 Å². The second kappa shape index (κ2) is 6.22. The van der Waals surface area contributed by atoms with Gasteiger partial charge in [-0.05, 0) is 29.8 Å². The molecule has 0 radical (unpaired) electrons. The van der Waals surface area contributed by atoms with Crippen LogP contribution < -0.4 is 5.73 Å². The van der Waals surface area contributed by atoms with Crippen LogP contribution >= 0.6 is 11.6 Å². The van der Waals surface area contributed by atoms with Gasteiger partial charge in [0, 0.05) is 0 Å². The number of rotatable bonds is 4. The Balaban J connectivity index is 1.79. The average molecular weight is 328 g/mol. The number of amidine groups is 1. The fourth-order valence-electron chi connectivity index (χ4n) is 2.44. The molecule has 0 unspecified atom stereocenters. The van der Waals surface area contributed by atoms with Gasteiger partial charge in [-0.3, -0.25) is 14.5 Å². The van der Waals surface area contributed by atoms with Crippen molar-refractivity contribution >= 4 is 34.9 Å². The molecule has 0 saturated carbocycles. The Hall–Kier alpha value is -2.66. The molecule has 6 heteroatoms. The van der Waals surface area contributed by atoms with Gasteiger partial charge in [-0.25, -0.2) is 4.99 Å². The van der Waals surface area contributed by atoms with E-state index in [1.165, 1.54) is 4.90 Å². The first kappa shape index (κ1) is 15.2. The van der Waals surface area contributed by atoms with Crippen LogP contribution in [-0.2, 0) is 6.54 Å². The Morgan fingerprint density at radius 1 is 1.00 bits per heavy atom. The van der Waals surface area contributed by atoms with E-state index in [0.29, 0.717) is 22.6 Å². The molecule has 1 aliphatic heterocycles. The van der Waals surface area contributed by atoms with E-state index in [0.717, 1.165) is 5.56 Å². The van der Waals surface area contributed by atoms with Crippen molar-refractivity contribution in [1.82, 2.24) is 4.90 Å². The number of fused-ring (bicyclic) bond motifs is 1. The predicted octanol–water partition coefficient (Wildman–Crippen LogP) is 2.71. The van der Waals surface area contributed by atoms with Crippen molar-refractivity contribution in [1.29, 1.82) is 0 Å². The lowest BCUT2D eigenvalue weighted by Crippen LogP contribution is -2.29. The molecule has 0 spiro atoms. The first-order chi connectivity index (χ1) is 11.1. The van der Waals surface area contributed by atoms with Crippen molar-refractivity contribution in [3.05, 3.63) is 65.2 Å². The van der Waals surface area contributed by atoms with Gasteiger partial charge in [0.25, 0.3) is 11.8 Å². The molecule has 0 saturated heterocycles. The van der Waals surface area contributed by atoms with Crippen molar-refractivity contribution in [2.75, 3.05) is 5.88 Å². The van der Waals surface area contributed by atoms with Crippen LogP contribution in [0.5, 0.6) is 0 Å². The SMILES string of the molecule is NC(CCl)=Nc1ccc(CN2C(=O)c3ccccc3C2=O)cc1. The van der Waals surface area contributed by atoms with Gasteiger partial charge in [-0.1, -0.05) is 24.3 Å². The number of carbonyl (C=O) groups excluding carboxylic acids is 2. The molecule has 23 heavy (non-hydrogen) atoms. The third-order valence-corrected chi connectivity index (χ3v) is 3.84. The lowest BCUT2D eigenvalue weighted by molar-refractivity contribution is 0.0642. The van der Waals surface area contributed by atoms with Gasteiger partial charge in [0.2, 0.25) is 0 Å². The zero-order chi connectivity index (χ0) is 16.4. The van der Waals surface area contributed by atoms with Crippen molar-refractivity contribution in [2.45, 2.75) is 6.54 Å². The summed E-state index contributed by atoms with van der Waals surface area (Å²) in [4.78, 5) is 30.0. The summed E-state index contributed by atoms with van der Waals surface area (Å²) in [5.41, 5.74) is 8.00. The van der Waals surface area contributed by atoms with Crippen molar-refractivity contribution < 1.29 is 9.59 Å². The van der Waals surface area contributed by atoms with E-state index >= 15 is 0 Å². The molecule has 1 heterocycles. The second-order valence-corrected chi connectivity index (χ2v) is 5.41. The van der Waals surface area contributed by atoms with E-state index in [1.54, 1.807) is 36.4 Å². The fourth-order valence-corrected chi connectivity index (χ4v) is 2.50. The van der Waals surface area contributed by atoms with Gasteiger partial charge in [0.15, 0.2) is 0 Å². The minimum absolute atomic E-state index is 0.163. The molecule has 2 amide bonds. The third-order valence-electron chi connectivity index (χ3n) is 3.56. The largest absolute Gasteiger partial charge is 0.386 e. The molecule has 116 valence electrons. The minimum atomic E-state index is -0.265. The smallest absolute Gasteiger partial charge is 0.261 e. The topological polar surface area (TPSA) is 75.8 Å². The zero-order valence-electron chi connectivity index (χ0n) is 12.2. The number of imide groups is 1. The summed E-state index contributed by atoms with van der Waals surface area (Å²) in [5, 5.41) is 0. The van der Waals surface area contributed by atoms with Crippen LogP contribution in [0.3, 0.4) is 0 Å². The lowest BCUT2D eigenvalue weighted by atomic mass is 10.1. The number of nitrogens with zero attached hydrogens (tertiary/aromatic N) is 2. The zero-order valence-corrected chi connectivity index (χ0v) is 13.0. The summed E-state index contributed by atoms with van der Waals surface area (Å²) < 4.78 is 0. The van der Waals surface area contributed by atoms with Crippen LogP contribution in [0.25, 0.3) is 0 Å². The number of halogens is 1. The van der Waals surface area contributed by atoms with Crippen LogP contribution in [0.4, 0.5) is 5.69 Å². The molecule has 0 bridgehead atoms. The predicted molar refractivity (Wildman–Crippen MR) is 89.1 cm³/mol. The summed E-state index contributed by atoms with van der Waals surface area (Å²) in [6, 6.07) is 14.0. The Morgan fingerprint density at radius 3 is 2.09 bits per heavy atom. The molecule has 0 aromatic heterocycles. The molecule has 1 aliphatic rings. The quantitative estimate of drug-likeness (QED) is 0.406. The van der Waals surface area contributed by atoms with Gasteiger partial charge in [0.1, 0.15) is 5.84 Å². The molecule has 2 aromatic rings. The van der Waals surface area contributed by atoms with Gasteiger partial charge in [-0.2, -0.15) is 0 Å². The maximum Gasteiger partial charge on any atom is 0.261 e. The molecule has 0 fully saturated rings. The highest BCUT2D eigenvalue weighted by Crippen LogP contribution is 2.24. The van der Waals surface area contributed by atoms with E-state index in [-0.39, 0.29) is 24.2 Å². The first-order valence-corrected chi connectivity index (χ1v) is 7.57. The first-order valence-electron chi connectivity index (χ1n) is 7.03.